The van der Waals surface area contributed by atoms with Crippen LogP contribution in [0.1, 0.15) is 19.4 Å². The molecule has 0 aliphatic heterocycles. The number of rotatable bonds is 5. The summed E-state index contributed by atoms with van der Waals surface area (Å²) in [5.41, 5.74) is 5.44. The summed E-state index contributed by atoms with van der Waals surface area (Å²) in [6.07, 6.45) is -2.56. The van der Waals surface area contributed by atoms with Crippen LogP contribution in [0.4, 0.5) is 18.0 Å². The maximum Gasteiger partial charge on any atom is 0.573 e. The van der Waals surface area contributed by atoms with Crippen molar-refractivity contribution in [3.8, 4) is 16.9 Å². The van der Waals surface area contributed by atoms with Crippen molar-refractivity contribution in [2.75, 3.05) is 0 Å². The lowest BCUT2D eigenvalue weighted by Gasteiger charge is -2.25. The second kappa shape index (κ2) is 7.00. The van der Waals surface area contributed by atoms with Gasteiger partial charge < -0.3 is 15.2 Å². The Hall–Kier alpha value is -2.77. The number of carbonyl (C=O) groups excluding carboxylic acids is 1. The number of para-hydroxylation sites is 1. The summed E-state index contributed by atoms with van der Waals surface area (Å²) in [6.45, 7) is 3.29. The average Bonchev–Trinajstić information content (AvgIpc) is 2.45. The second-order valence-electron chi connectivity index (χ2n) is 5.93. The zero-order chi connectivity index (χ0) is 18.7. The van der Waals surface area contributed by atoms with Crippen LogP contribution in [0.5, 0.6) is 5.75 Å². The molecule has 0 aliphatic carbocycles. The summed E-state index contributed by atoms with van der Waals surface area (Å²) < 4.78 is 47.1. The minimum Gasteiger partial charge on any atom is -0.443 e. The number of benzene rings is 1. The second-order valence-corrected chi connectivity index (χ2v) is 5.93. The van der Waals surface area contributed by atoms with Crippen molar-refractivity contribution in [3.63, 3.8) is 0 Å². The first-order chi connectivity index (χ1) is 11.6. The summed E-state index contributed by atoms with van der Waals surface area (Å²) in [5, 5.41) is 0. The summed E-state index contributed by atoms with van der Waals surface area (Å²) in [4.78, 5) is 15.0. The van der Waals surface area contributed by atoms with E-state index in [9.17, 15) is 18.0 Å². The number of ether oxygens (including phenoxy) is 2. The maximum absolute atomic E-state index is 12.6. The molecule has 0 fully saturated rings. The Morgan fingerprint density at radius 1 is 1.16 bits per heavy atom. The number of hydrogen-bond donors (Lipinski definition) is 1. The van der Waals surface area contributed by atoms with Crippen LogP contribution in [0.3, 0.4) is 0 Å². The van der Waals surface area contributed by atoms with Crippen molar-refractivity contribution in [1.82, 2.24) is 4.98 Å². The summed E-state index contributed by atoms with van der Waals surface area (Å²) in [5.74, 6) is -0.323. The molecule has 25 heavy (non-hydrogen) atoms. The molecule has 1 aromatic heterocycles. The van der Waals surface area contributed by atoms with E-state index in [-0.39, 0.29) is 17.7 Å². The van der Waals surface area contributed by atoms with E-state index >= 15 is 0 Å². The summed E-state index contributed by atoms with van der Waals surface area (Å²) in [7, 11) is 0. The molecule has 0 atom stereocenters. The van der Waals surface area contributed by atoms with Gasteiger partial charge in [0.1, 0.15) is 11.4 Å². The lowest BCUT2D eigenvalue weighted by atomic mass is 9.92. The number of carbonyl (C=O) groups is 1. The van der Waals surface area contributed by atoms with E-state index in [0.29, 0.717) is 11.1 Å². The van der Waals surface area contributed by atoms with E-state index in [2.05, 4.69) is 9.72 Å². The maximum atomic E-state index is 12.6. The van der Waals surface area contributed by atoms with Crippen molar-refractivity contribution in [2.45, 2.75) is 32.2 Å². The Labute approximate surface area is 142 Å². The van der Waals surface area contributed by atoms with E-state index in [1.54, 1.807) is 26.0 Å². The van der Waals surface area contributed by atoms with Gasteiger partial charge >= 0.3 is 12.5 Å². The van der Waals surface area contributed by atoms with Gasteiger partial charge in [0.2, 0.25) is 0 Å². The summed E-state index contributed by atoms with van der Waals surface area (Å²) in [6, 6.07) is 7.38. The van der Waals surface area contributed by atoms with Gasteiger partial charge in [0.05, 0.1) is 0 Å². The van der Waals surface area contributed by atoms with Crippen LogP contribution in [0, 0.1) is 0 Å². The van der Waals surface area contributed by atoms with E-state index in [1.165, 1.54) is 30.6 Å². The molecule has 0 spiro atoms. The van der Waals surface area contributed by atoms with Gasteiger partial charge in [0.25, 0.3) is 0 Å². The van der Waals surface area contributed by atoms with Crippen LogP contribution in [-0.4, -0.2) is 23.0 Å². The van der Waals surface area contributed by atoms with Crippen molar-refractivity contribution in [1.29, 1.82) is 0 Å². The molecule has 134 valence electrons. The molecule has 0 unspecified atom stereocenters. The van der Waals surface area contributed by atoms with Crippen molar-refractivity contribution >= 4 is 6.09 Å². The van der Waals surface area contributed by atoms with Gasteiger partial charge in [-0.25, -0.2) is 4.79 Å². The molecule has 2 N–H and O–H groups in total. The van der Waals surface area contributed by atoms with Crippen LogP contribution >= 0.6 is 0 Å². The largest absolute Gasteiger partial charge is 0.573 e. The van der Waals surface area contributed by atoms with Crippen LogP contribution in [0.2, 0.25) is 0 Å². The van der Waals surface area contributed by atoms with Gasteiger partial charge in [-0.05, 0) is 37.1 Å². The van der Waals surface area contributed by atoms with Gasteiger partial charge in [-0.1, -0.05) is 18.2 Å². The predicted molar refractivity (Wildman–Crippen MR) is 84.8 cm³/mol. The van der Waals surface area contributed by atoms with Crippen molar-refractivity contribution in [2.24, 2.45) is 5.73 Å². The first-order valence-electron chi connectivity index (χ1n) is 7.34. The Balaban J connectivity index is 2.44. The standard InChI is InChI=1S/C17H17F3N2O3/c1-16(2,25-15(21)23)9-11-10-22-8-7-12(11)13-5-3-4-6-14(13)24-17(18,19)20/h3-8,10H,9H2,1-2H3,(H2,21,23). The monoisotopic (exact) mass is 354 g/mol. The van der Waals surface area contributed by atoms with Crippen molar-refractivity contribution in [3.05, 3.63) is 48.3 Å². The highest BCUT2D eigenvalue weighted by molar-refractivity contribution is 5.73. The molecular formula is C17H17F3N2O3. The summed E-state index contributed by atoms with van der Waals surface area (Å²) >= 11 is 0. The smallest absolute Gasteiger partial charge is 0.443 e. The highest BCUT2D eigenvalue weighted by atomic mass is 19.4. The molecule has 5 nitrogen and oxygen atoms in total. The number of nitrogens with two attached hydrogens (primary N) is 1. The normalized spacial score (nSPS) is 11.9. The third-order valence-corrected chi connectivity index (χ3v) is 3.30. The molecule has 0 radical (unpaired) electrons. The Bertz CT molecular complexity index is 761. The molecule has 2 aromatic rings. The van der Waals surface area contributed by atoms with Crippen LogP contribution < -0.4 is 10.5 Å². The van der Waals surface area contributed by atoms with E-state index in [1.807, 2.05) is 0 Å². The molecule has 1 amide bonds. The molecule has 1 aromatic carbocycles. The Morgan fingerprint density at radius 3 is 2.48 bits per heavy atom. The SMILES string of the molecule is CC(C)(Cc1cnccc1-c1ccccc1OC(F)(F)F)OC(N)=O. The van der Waals surface area contributed by atoms with E-state index in [4.69, 9.17) is 10.5 Å². The first-order valence-corrected chi connectivity index (χ1v) is 7.34. The molecule has 0 aliphatic rings. The highest BCUT2D eigenvalue weighted by Crippen LogP contribution is 2.36. The number of amides is 1. The molecule has 0 bridgehead atoms. The minimum atomic E-state index is -4.81. The van der Waals surface area contributed by atoms with Gasteiger partial charge in [-0.2, -0.15) is 0 Å². The fourth-order valence-corrected chi connectivity index (χ4v) is 2.50. The first kappa shape index (κ1) is 18.6. The molecule has 2 rings (SSSR count). The zero-order valence-corrected chi connectivity index (χ0v) is 13.6. The molecular weight excluding hydrogens is 337 g/mol. The van der Waals surface area contributed by atoms with Gasteiger partial charge in [-0.15, -0.1) is 13.2 Å². The number of primary amides is 1. The number of aromatic nitrogens is 1. The number of nitrogens with zero attached hydrogens (tertiary/aromatic N) is 1. The Kier molecular flexibility index (Phi) is 5.20. The predicted octanol–water partition coefficient (Wildman–Crippen LogP) is 4.06. The number of pyridine rings is 1. The minimum absolute atomic E-state index is 0.208. The highest BCUT2D eigenvalue weighted by Gasteiger charge is 2.32. The van der Waals surface area contributed by atoms with Crippen LogP contribution in [0.15, 0.2) is 42.7 Å². The lowest BCUT2D eigenvalue weighted by Crippen LogP contribution is -2.33. The number of halogens is 3. The van der Waals surface area contributed by atoms with Crippen molar-refractivity contribution < 1.29 is 27.4 Å². The van der Waals surface area contributed by atoms with E-state index < -0.39 is 18.1 Å². The van der Waals surface area contributed by atoms with Gasteiger partial charge in [0, 0.05) is 24.4 Å². The molecule has 0 saturated heterocycles. The average molecular weight is 354 g/mol. The molecule has 1 heterocycles. The zero-order valence-electron chi connectivity index (χ0n) is 13.6. The number of hydrogen-bond acceptors (Lipinski definition) is 4. The number of alkyl halides is 3. The molecule has 8 heteroatoms. The lowest BCUT2D eigenvalue weighted by molar-refractivity contribution is -0.274. The van der Waals surface area contributed by atoms with Crippen LogP contribution in [-0.2, 0) is 11.2 Å². The molecule has 0 saturated carbocycles. The van der Waals surface area contributed by atoms with E-state index in [0.717, 1.165) is 0 Å². The topological polar surface area (TPSA) is 74.4 Å². The van der Waals surface area contributed by atoms with Gasteiger partial charge in [0.15, 0.2) is 0 Å². The quantitative estimate of drug-likeness (QED) is 0.878. The van der Waals surface area contributed by atoms with Gasteiger partial charge in [-0.3, -0.25) is 4.98 Å². The third-order valence-electron chi connectivity index (χ3n) is 3.30. The fourth-order valence-electron chi connectivity index (χ4n) is 2.50. The van der Waals surface area contributed by atoms with Crippen LogP contribution in [0.25, 0.3) is 11.1 Å². The third kappa shape index (κ3) is 5.37. The Morgan fingerprint density at radius 2 is 1.84 bits per heavy atom. The fraction of sp³-hybridized carbons (Fsp3) is 0.294.